The van der Waals surface area contributed by atoms with Crippen LogP contribution in [0.4, 0.5) is 13.2 Å². The van der Waals surface area contributed by atoms with Gasteiger partial charge < -0.3 is 4.74 Å². The smallest absolute Gasteiger partial charge is 0.199 e. The molecule has 0 aromatic heterocycles. The molecule has 0 amide bonds. The molecule has 0 aliphatic carbocycles. The maximum absolute atomic E-state index is 13.9. The number of hydrogen-bond acceptors (Lipinski definition) is 2. The van der Waals surface area contributed by atoms with E-state index in [2.05, 4.69) is 15.9 Å². The normalized spacial score (nSPS) is 11.0. The third-order valence-electron chi connectivity index (χ3n) is 2.97. The maximum atomic E-state index is 13.9. The van der Waals surface area contributed by atoms with Gasteiger partial charge in [-0.15, -0.1) is 0 Å². The van der Waals surface area contributed by atoms with E-state index in [0.29, 0.717) is 5.33 Å². The second-order valence-corrected chi connectivity index (χ2v) is 5.16. The van der Waals surface area contributed by atoms with Crippen molar-refractivity contribution >= 4 is 21.7 Å². The van der Waals surface area contributed by atoms with Crippen LogP contribution >= 0.6 is 15.9 Å². The minimum Gasteiger partial charge on any atom is -0.486 e. The molecule has 2 rings (SSSR count). The van der Waals surface area contributed by atoms with Gasteiger partial charge in [-0.25, -0.2) is 13.2 Å². The van der Waals surface area contributed by atoms with Gasteiger partial charge in [-0.05, 0) is 30.3 Å². The van der Waals surface area contributed by atoms with Gasteiger partial charge in [-0.2, -0.15) is 0 Å². The van der Waals surface area contributed by atoms with Crippen LogP contribution < -0.4 is 4.74 Å². The summed E-state index contributed by atoms with van der Waals surface area (Å²) in [6.45, 7) is 0.164. The Hall–Kier alpha value is -2.08. The Labute approximate surface area is 139 Å². The molecule has 0 saturated carbocycles. The third-order valence-corrected chi connectivity index (χ3v) is 3.35. The highest BCUT2D eigenvalue weighted by Crippen LogP contribution is 2.22. The van der Waals surface area contributed by atoms with Crippen LogP contribution in [0.1, 0.15) is 15.9 Å². The highest BCUT2D eigenvalue weighted by atomic mass is 79.9. The fourth-order valence-corrected chi connectivity index (χ4v) is 2.15. The molecule has 0 bridgehead atoms. The van der Waals surface area contributed by atoms with Crippen LogP contribution in [-0.4, -0.2) is 17.7 Å². The lowest BCUT2D eigenvalue weighted by molar-refractivity contribution is 0.103. The predicted molar refractivity (Wildman–Crippen MR) is 84.6 cm³/mol. The van der Waals surface area contributed by atoms with Gasteiger partial charge in [0.05, 0.1) is 5.56 Å². The number of carbonyl (C=O) groups excluding carboxylic acids is 1. The molecule has 0 unspecified atom stereocenters. The van der Waals surface area contributed by atoms with E-state index in [0.717, 1.165) is 24.3 Å². The van der Waals surface area contributed by atoms with E-state index in [1.54, 1.807) is 12.2 Å². The van der Waals surface area contributed by atoms with E-state index in [9.17, 15) is 18.0 Å². The molecule has 2 aromatic rings. The topological polar surface area (TPSA) is 26.3 Å². The molecule has 0 heterocycles. The van der Waals surface area contributed by atoms with Crippen molar-refractivity contribution in [2.75, 3.05) is 11.9 Å². The molecule has 2 nitrogen and oxygen atoms in total. The number of ether oxygens (including phenoxy) is 1. The fourth-order valence-electron chi connectivity index (χ4n) is 1.89. The van der Waals surface area contributed by atoms with Crippen molar-refractivity contribution in [3.8, 4) is 5.75 Å². The van der Waals surface area contributed by atoms with Gasteiger partial charge in [0.2, 0.25) is 0 Å². The SMILES string of the molecule is O=C(c1ccc(OC/C=C/CBr)c(F)c1)c1c(F)cccc1F. The zero-order valence-electron chi connectivity index (χ0n) is 11.9. The summed E-state index contributed by atoms with van der Waals surface area (Å²) in [5, 5.41) is 0.653. The van der Waals surface area contributed by atoms with Crippen molar-refractivity contribution in [2.45, 2.75) is 0 Å². The van der Waals surface area contributed by atoms with E-state index < -0.39 is 28.8 Å². The Morgan fingerprint density at radius 1 is 1.04 bits per heavy atom. The number of allylic oxidation sites excluding steroid dienone is 1. The van der Waals surface area contributed by atoms with Gasteiger partial charge in [0.25, 0.3) is 0 Å². The van der Waals surface area contributed by atoms with Gasteiger partial charge in [0.1, 0.15) is 18.2 Å². The summed E-state index contributed by atoms with van der Waals surface area (Å²) in [5.74, 6) is -3.73. The summed E-state index contributed by atoms with van der Waals surface area (Å²) in [6.07, 6.45) is 3.48. The van der Waals surface area contributed by atoms with Crippen LogP contribution in [0.2, 0.25) is 0 Å². The lowest BCUT2D eigenvalue weighted by atomic mass is 10.0. The van der Waals surface area contributed by atoms with Gasteiger partial charge in [0.15, 0.2) is 17.3 Å². The van der Waals surface area contributed by atoms with Crippen LogP contribution in [-0.2, 0) is 0 Å². The van der Waals surface area contributed by atoms with E-state index in [4.69, 9.17) is 4.74 Å². The Morgan fingerprint density at radius 3 is 2.35 bits per heavy atom. The molecule has 0 N–H and O–H groups in total. The summed E-state index contributed by atoms with van der Waals surface area (Å²) in [4.78, 5) is 12.1. The van der Waals surface area contributed by atoms with Crippen LogP contribution in [0.25, 0.3) is 0 Å². The average Bonchev–Trinajstić information content (AvgIpc) is 2.52. The summed E-state index contributed by atoms with van der Waals surface area (Å²) in [7, 11) is 0. The van der Waals surface area contributed by atoms with Crippen LogP contribution in [0.5, 0.6) is 5.75 Å². The Bertz CT molecular complexity index is 724. The third kappa shape index (κ3) is 4.22. The van der Waals surface area contributed by atoms with Crippen molar-refractivity contribution in [1.82, 2.24) is 0 Å². The van der Waals surface area contributed by atoms with E-state index in [1.807, 2.05) is 0 Å². The first kappa shape index (κ1) is 17.3. The molecule has 2 aromatic carbocycles. The first-order valence-electron chi connectivity index (χ1n) is 6.66. The molecule has 0 radical (unpaired) electrons. The molecule has 0 aliphatic heterocycles. The molecular weight excluding hydrogens is 373 g/mol. The van der Waals surface area contributed by atoms with E-state index >= 15 is 0 Å². The van der Waals surface area contributed by atoms with Crippen LogP contribution in [0.15, 0.2) is 48.6 Å². The molecular formula is C17H12BrF3O2. The van der Waals surface area contributed by atoms with Gasteiger partial charge in [-0.3, -0.25) is 4.79 Å². The average molecular weight is 385 g/mol. The number of carbonyl (C=O) groups is 1. The maximum Gasteiger partial charge on any atom is 0.199 e. The molecule has 0 saturated heterocycles. The monoisotopic (exact) mass is 384 g/mol. The first-order valence-corrected chi connectivity index (χ1v) is 7.78. The summed E-state index contributed by atoms with van der Waals surface area (Å²) >= 11 is 3.19. The van der Waals surface area contributed by atoms with Crippen molar-refractivity contribution in [2.24, 2.45) is 0 Å². The number of benzene rings is 2. The minimum atomic E-state index is -0.990. The Kier molecular flexibility index (Phi) is 5.98. The zero-order chi connectivity index (χ0) is 16.8. The molecule has 0 aliphatic rings. The number of rotatable bonds is 6. The van der Waals surface area contributed by atoms with Crippen molar-refractivity contribution in [3.63, 3.8) is 0 Å². The Balaban J connectivity index is 2.23. The molecule has 0 atom stereocenters. The van der Waals surface area contributed by atoms with Crippen molar-refractivity contribution in [1.29, 1.82) is 0 Å². The van der Waals surface area contributed by atoms with Gasteiger partial charge in [-0.1, -0.05) is 34.1 Å². The highest BCUT2D eigenvalue weighted by molar-refractivity contribution is 9.09. The predicted octanol–water partition coefficient (Wildman–Crippen LogP) is 4.66. The lowest BCUT2D eigenvalue weighted by Gasteiger charge is -2.08. The molecule has 6 heteroatoms. The lowest BCUT2D eigenvalue weighted by Crippen LogP contribution is -2.08. The second-order valence-electron chi connectivity index (χ2n) is 4.51. The first-order chi connectivity index (χ1) is 11.0. The van der Waals surface area contributed by atoms with E-state index in [-0.39, 0.29) is 17.9 Å². The zero-order valence-corrected chi connectivity index (χ0v) is 13.4. The molecule has 0 fully saturated rings. The van der Waals surface area contributed by atoms with Crippen LogP contribution in [0, 0.1) is 17.5 Å². The van der Waals surface area contributed by atoms with Crippen molar-refractivity contribution < 1.29 is 22.7 Å². The van der Waals surface area contributed by atoms with Gasteiger partial charge >= 0.3 is 0 Å². The summed E-state index contributed by atoms with van der Waals surface area (Å²) < 4.78 is 46.4. The number of hydrogen-bond donors (Lipinski definition) is 0. The van der Waals surface area contributed by atoms with E-state index in [1.165, 1.54) is 12.1 Å². The fraction of sp³-hybridized carbons (Fsp3) is 0.118. The van der Waals surface area contributed by atoms with Gasteiger partial charge in [0, 0.05) is 10.9 Å². The number of ketones is 1. The van der Waals surface area contributed by atoms with Crippen molar-refractivity contribution in [3.05, 3.63) is 77.1 Å². The van der Waals surface area contributed by atoms with Crippen LogP contribution in [0.3, 0.4) is 0 Å². The molecule has 120 valence electrons. The largest absolute Gasteiger partial charge is 0.486 e. The molecule has 23 heavy (non-hydrogen) atoms. The summed E-state index contributed by atoms with van der Waals surface area (Å²) in [6, 6.07) is 6.52. The Morgan fingerprint density at radius 2 is 1.74 bits per heavy atom. The minimum absolute atomic E-state index is 0.0465. The number of halogens is 4. The standard InChI is InChI=1S/C17H12BrF3O2/c18-8-1-2-9-23-15-7-6-11(10-14(15)21)17(22)16-12(19)4-3-5-13(16)20/h1-7,10H,8-9H2/b2-1+. The summed E-state index contributed by atoms with van der Waals surface area (Å²) in [5.41, 5.74) is -0.865. The number of alkyl halides is 1. The quantitative estimate of drug-likeness (QED) is 0.411. The molecule has 0 spiro atoms. The highest BCUT2D eigenvalue weighted by Gasteiger charge is 2.20. The second kappa shape index (κ2) is 7.97.